The monoisotopic (exact) mass is 494 g/mol. The maximum atomic E-state index is 13.1. The van der Waals surface area contributed by atoms with Gasteiger partial charge >= 0.3 is 0 Å². The molecule has 1 spiro atoms. The Kier molecular flexibility index (Phi) is 8.44. The Labute approximate surface area is 213 Å². The van der Waals surface area contributed by atoms with Gasteiger partial charge in [0.1, 0.15) is 0 Å². The van der Waals surface area contributed by atoms with Crippen molar-refractivity contribution < 1.29 is 19.2 Å². The first-order valence-corrected chi connectivity index (χ1v) is 13.2. The summed E-state index contributed by atoms with van der Waals surface area (Å²) in [7, 11) is 0. The number of nitrogens with zero attached hydrogens (tertiary/aromatic N) is 2. The van der Waals surface area contributed by atoms with Crippen LogP contribution < -0.4 is 10.6 Å². The van der Waals surface area contributed by atoms with E-state index in [1.807, 2.05) is 35.2 Å². The first kappa shape index (κ1) is 25.9. The second-order valence-corrected chi connectivity index (χ2v) is 10.4. The molecule has 2 atom stereocenters. The highest BCUT2D eigenvalue weighted by Crippen LogP contribution is 2.36. The van der Waals surface area contributed by atoms with E-state index >= 15 is 0 Å². The summed E-state index contributed by atoms with van der Waals surface area (Å²) in [6.45, 7) is 3.85. The Morgan fingerprint density at radius 1 is 1.03 bits per heavy atom. The topological polar surface area (TPSA) is 98.8 Å². The van der Waals surface area contributed by atoms with Gasteiger partial charge in [0.2, 0.25) is 23.6 Å². The summed E-state index contributed by atoms with van der Waals surface area (Å²) in [5.41, 5.74) is 0.555. The molecule has 0 aliphatic carbocycles. The highest BCUT2D eigenvalue weighted by atomic mass is 16.2. The molecule has 3 heterocycles. The molecule has 8 nitrogen and oxygen atoms in total. The van der Waals surface area contributed by atoms with Crippen molar-refractivity contribution in [3.05, 3.63) is 48.0 Å². The van der Waals surface area contributed by atoms with E-state index < -0.39 is 5.41 Å². The fourth-order valence-corrected chi connectivity index (χ4v) is 5.70. The van der Waals surface area contributed by atoms with Crippen LogP contribution in [0.2, 0.25) is 0 Å². The Balaban J connectivity index is 1.40. The van der Waals surface area contributed by atoms with Crippen LogP contribution in [0, 0.1) is 11.3 Å². The summed E-state index contributed by atoms with van der Waals surface area (Å²) in [5.74, 6) is 0.0107. The standard InChI is InChI=1S/C28H38N4O4/c1-21(33)31-17-14-28(15-18-31)13-6-5-9-23-20-32(26(35)11-10-22-7-3-2-4-8-22)16-12-24(23)30-25(34)19-29-27(28)36/h2-8,23-24H,9-20H2,1H3,(H,29,36)(H,30,34)/b6-5+/t23-,24+/m0/s1. The van der Waals surface area contributed by atoms with Gasteiger partial charge in [0.25, 0.3) is 0 Å². The first-order valence-electron chi connectivity index (χ1n) is 13.2. The van der Waals surface area contributed by atoms with Crippen LogP contribution in [0.4, 0.5) is 0 Å². The molecule has 3 aliphatic heterocycles. The van der Waals surface area contributed by atoms with Crippen molar-refractivity contribution in [1.29, 1.82) is 0 Å². The minimum atomic E-state index is -0.604. The molecule has 0 bridgehead atoms. The number of piperidine rings is 2. The van der Waals surface area contributed by atoms with Crippen LogP contribution in [0.15, 0.2) is 42.5 Å². The number of aryl methyl sites for hydroxylation is 1. The lowest BCUT2D eigenvalue weighted by atomic mass is 9.74. The molecule has 1 aromatic rings. The molecule has 36 heavy (non-hydrogen) atoms. The van der Waals surface area contributed by atoms with Crippen LogP contribution in [-0.4, -0.2) is 72.2 Å². The van der Waals surface area contributed by atoms with Gasteiger partial charge in [-0.15, -0.1) is 0 Å². The van der Waals surface area contributed by atoms with Crippen LogP contribution in [0.5, 0.6) is 0 Å². The first-order chi connectivity index (χ1) is 17.4. The van der Waals surface area contributed by atoms with Crippen LogP contribution in [0.1, 0.15) is 51.0 Å². The lowest BCUT2D eigenvalue weighted by Crippen LogP contribution is -2.55. The van der Waals surface area contributed by atoms with Crippen LogP contribution in [0.25, 0.3) is 0 Å². The average molecular weight is 495 g/mol. The molecule has 194 valence electrons. The molecular weight excluding hydrogens is 456 g/mol. The number of likely N-dealkylation sites (tertiary alicyclic amines) is 2. The summed E-state index contributed by atoms with van der Waals surface area (Å²) in [6, 6.07) is 10.0. The molecule has 0 saturated carbocycles. The Bertz CT molecular complexity index is 985. The second-order valence-electron chi connectivity index (χ2n) is 10.4. The van der Waals surface area contributed by atoms with E-state index in [9.17, 15) is 19.2 Å². The molecule has 4 amide bonds. The van der Waals surface area contributed by atoms with Crippen LogP contribution >= 0.6 is 0 Å². The fraction of sp³-hybridized carbons (Fsp3) is 0.571. The van der Waals surface area contributed by atoms with E-state index in [1.54, 1.807) is 11.8 Å². The minimum Gasteiger partial charge on any atom is -0.351 e. The van der Waals surface area contributed by atoms with Gasteiger partial charge in [-0.3, -0.25) is 19.2 Å². The zero-order chi connectivity index (χ0) is 25.5. The van der Waals surface area contributed by atoms with Gasteiger partial charge in [-0.1, -0.05) is 42.5 Å². The van der Waals surface area contributed by atoms with Gasteiger partial charge in [-0.25, -0.2) is 0 Å². The zero-order valence-corrected chi connectivity index (χ0v) is 21.2. The summed E-state index contributed by atoms with van der Waals surface area (Å²) in [6.07, 6.45) is 8.60. The van der Waals surface area contributed by atoms with Crippen molar-refractivity contribution in [3.63, 3.8) is 0 Å². The van der Waals surface area contributed by atoms with Gasteiger partial charge in [0, 0.05) is 51.5 Å². The summed E-state index contributed by atoms with van der Waals surface area (Å²) < 4.78 is 0. The third-order valence-electron chi connectivity index (χ3n) is 8.07. The molecule has 0 unspecified atom stereocenters. The molecule has 1 aromatic carbocycles. The third-order valence-corrected chi connectivity index (χ3v) is 8.07. The number of hydrogen-bond acceptors (Lipinski definition) is 4. The van der Waals surface area contributed by atoms with Gasteiger partial charge < -0.3 is 20.4 Å². The van der Waals surface area contributed by atoms with Crippen molar-refractivity contribution in [3.8, 4) is 0 Å². The number of benzene rings is 1. The fourth-order valence-electron chi connectivity index (χ4n) is 5.70. The highest BCUT2D eigenvalue weighted by molar-refractivity contribution is 5.88. The number of amides is 4. The van der Waals surface area contributed by atoms with Crippen molar-refractivity contribution in [2.45, 2.75) is 57.9 Å². The third kappa shape index (κ3) is 6.33. The largest absolute Gasteiger partial charge is 0.351 e. The zero-order valence-electron chi connectivity index (χ0n) is 21.2. The molecule has 2 saturated heterocycles. The van der Waals surface area contributed by atoms with E-state index in [0.717, 1.165) is 18.4 Å². The van der Waals surface area contributed by atoms with Crippen molar-refractivity contribution >= 4 is 23.6 Å². The highest BCUT2D eigenvalue weighted by Gasteiger charge is 2.41. The smallest absolute Gasteiger partial charge is 0.239 e. The summed E-state index contributed by atoms with van der Waals surface area (Å²) >= 11 is 0. The van der Waals surface area contributed by atoms with Crippen molar-refractivity contribution in [2.75, 3.05) is 32.7 Å². The number of nitrogens with one attached hydrogen (secondary N) is 2. The van der Waals surface area contributed by atoms with E-state index in [4.69, 9.17) is 0 Å². The molecule has 0 aromatic heterocycles. The molecule has 2 N–H and O–H groups in total. The van der Waals surface area contributed by atoms with Gasteiger partial charge in [-0.05, 0) is 44.1 Å². The summed E-state index contributed by atoms with van der Waals surface area (Å²) in [5, 5.41) is 5.97. The number of fused-ring (bicyclic) bond motifs is 1. The Morgan fingerprint density at radius 2 is 1.78 bits per heavy atom. The number of rotatable bonds is 3. The van der Waals surface area contributed by atoms with Gasteiger partial charge in [-0.2, -0.15) is 0 Å². The SMILES string of the molecule is CC(=O)N1CCC2(C/C=C/C[C@H]3CN(C(=O)CCc4ccccc4)CC[C@H]3NC(=O)CNC2=O)CC1. The summed E-state index contributed by atoms with van der Waals surface area (Å²) in [4.78, 5) is 54.2. The molecule has 3 aliphatic rings. The van der Waals surface area contributed by atoms with Gasteiger partial charge in [0.05, 0.1) is 12.0 Å². The van der Waals surface area contributed by atoms with Crippen molar-refractivity contribution in [1.82, 2.24) is 20.4 Å². The molecule has 2 fully saturated rings. The Hall–Kier alpha value is -3.16. The Morgan fingerprint density at radius 3 is 2.50 bits per heavy atom. The predicted molar refractivity (Wildman–Crippen MR) is 137 cm³/mol. The maximum absolute atomic E-state index is 13.1. The number of hydrogen-bond donors (Lipinski definition) is 2. The van der Waals surface area contributed by atoms with Crippen molar-refractivity contribution in [2.24, 2.45) is 11.3 Å². The van der Waals surface area contributed by atoms with Gasteiger partial charge in [0.15, 0.2) is 0 Å². The van der Waals surface area contributed by atoms with Crippen LogP contribution in [0.3, 0.4) is 0 Å². The molecule has 8 heteroatoms. The number of carbonyl (C=O) groups excluding carboxylic acids is 4. The molecular formula is C28H38N4O4. The van der Waals surface area contributed by atoms with E-state index in [-0.39, 0.29) is 42.1 Å². The second kappa shape index (κ2) is 11.7. The normalized spacial score (nSPS) is 25.6. The lowest BCUT2D eigenvalue weighted by Gasteiger charge is -2.41. The van der Waals surface area contributed by atoms with E-state index in [0.29, 0.717) is 58.3 Å². The lowest BCUT2D eigenvalue weighted by molar-refractivity contribution is -0.140. The van der Waals surface area contributed by atoms with Crippen LogP contribution in [-0.2, 0) is 25.6 Å². The minimum absolute atomic E-state index is 0.0237. The van der Waals surface area contributed by atoms with E-state index in [2.05, 4.69) is 22.8 Å². The predicted octanol–water partition coefficient (Wildman–Crippen LogP) is 2.05. The average Bonchev–Trinajstić information content (AvgIpc) is 2.89. The number of carbonyl (C=O) groups is 4. The molecule has 0 radical (unpaired) electrons. The quantitative estimate of drug-likeness (QED) is 0.629. The maximum Gasteiger partial charge on any atom is 0.239 e. The molecule has 4 rings (SSSR count). The number of allylic oxidation sites excluding steroid dienone is 2. The van der Waals surface area contributed by atoms with E-state index in [1.165, 1.54) is 0 Å².